The summed E-state index contributed by atoms with van der Waals surface area (Å²) < 4.78 is 15.0. The zero-order valence-corrected chi connectivity index (χ0v) is 24.6. The van der Waals surface area contributed by atoms with Crippen LogP contribution in [0.2, 0.25) is 0 Å². The molecule has 0 spiro atoms. The van der Waals surface area contributed by atoms with E-state index in [4.69, 9.17) is 0 Å². The van der Waals surface area contributed by atoms with Gasteiger partial charge in [-0.2, -0.15) is 0 Å². The standard InChI is InChI=1S/C20H21FI3N5O2S/c1-4-20(21,23)19(3,22)14-10-12(7-8-25-14)15-11(2)26-17(32-15)27-18(31)29-9-5-6-13(29)16(30)28-24/h4,7-8,10,13H,1,5-6,9H2,2-3H3,(H,28,30)(H,26,27,31)/t13-,19?,20?/m0/s1. The van der Waals surface area contributed by atoms with Gasteiger partial charge in [-0.1, -0.05) is 40.5 Å². The van der Waals surface area contributed by atoms with Gasteiger partial charge >= 0.3 is 6.03 Å². The summed E-state index contributed by atoms with van der Waals surface area (Å²) in [5.74, 6) is -0.181. The molecule has 1 aliphatic heterocycles. The van der Waals surface area contributed by atoms with Gasteiger partial charge in [-0.15, -0.1) is 0 Å². The first-order valence-corrected chi connectivity index (χ1v) is 13.7. The van der Waals surface area contributed by atoms with Crippen molar-refractivity contribution in [2.75, 3.05) is 11.9 Å². The minimum atomic E-state index is -1.69. The molecule has 0 saturated carbocycles. The summed E-state index contributed by atoms with van der Waals surface area (Å²) in [6.07, 6.45) is 4.34. The lowest BCUT2D eigenvalue weighted by atomic mass is 9.99. The minimum absolute atomic E-state index is 0.181. The summed E-state index contributed by atoms with van der Waals surface area (Å²) in [5.41, 5.74) is 2.16. The quantitative estimate of drug-likeness (QED) is 0.165. The molecule has 7 nitrogen and oxygen atoms in total. The molecule has 0 radical (unpaired) electrons. The Morgan fingerprint density at radius 1 is 1.44 bits per heavy atom. The number of aromatic nitrogens is 2. The van der Waals surface area contributed by atoms with Crippen LogP contribution in [0.1, 0.15) is 31.2 Å². The van der Waals surface area contributed by atoms with Gasteiger partial charge in [0.15, 0.2) is 8.81 Å². The summed E-state index contributed by atoms with van der Waals surface area (Å²) in [5, 5.41) is 3.27. The van der Waals surface area contributed by atoms with Crippen LogP contribution in [-0.4, -0.2) is 43.1 Å². The van der Waals surface area contributed by atoms with Crippen molar-refractivity contribution < 1.29 is 14.0 Å². The lowest BCUT2D eigenvalue weighted by molar-refractivity contribution is -0.122. The Morgan fingerprint density at radius 3 is 2.81 bits per heavy atom. The third kappa shape index (κ3) is 5.21. The average Bonchev–Trinajstić information content (AvgIpc) is 3.40. The van der Waals surface area contributed by atoms with E-state index in [0.29, 0.717) is 23.8 Å². The molecule has 0 aromatic carbocycles. The number of aryl methyl sites for hydroxylation is 1. The van der Waals surface area contributed by atoms with Crippen LogP contribution in [0.5, 0.6) is 0 Å². The highest BCUT2D eigenvalue weighted by molar-refractivity contribution is 14.1. The maximum Gasteiger partial charge on any atom is 0.324 e. The topological polar surface area (TPSA) is 87.2 Å². The zero-order chi connectivity index (χ0) is 23.7. The van der Waals surface area contributed by atoms with Crippen LogP contribution in [0.25, 0.3) is 10.4 Å². The fraction of sp³-hybridized carbons (Fsp3) is 0.400. The van der Waals surface area contributed by atoms with Crippen molar-refractivity contribution in [3.05, 3.63) is 42.4 Å². The van der Waals surface area contributed by atoms with E-state index in [9.17, 15) is 9.59 Å². The Kier molecular flexibility index (Phi) is 8.39. The molecule has 172 valence electrons. The molecule has 0 bridgehead atoms. The first kappa shape index (κ1) is 26.0. The Bertz CT molecular complexity index is 1050. The van der Waals surface area contributed by atoms with E-state index in [-0.39, 0.29) is 11.9 Å². The molecule has 1 saturated heterocycles. The van der Waals surface area contributed by atoms with Crippen molar-refractivity contribution >= 4 is 96.5 Å². The predicted octanol–water partition coefficient (Wildman–Crippen LogP) is 5.91. The summed E-state index contributed by atoms with van der Waals surface area (Å²) in [6.45, 7) is 7.76. The second-order valence-electron chi connectivity index (χ2n) is 7.43. The summed E-state index contributed by atoms with van der Waals surface area (Å²) in [7, 11) is 0. The molecule has 1 fully saturated rings. The number of thiazole rings is 1. The first-order valence-electron chi connectivity index (χ1n) is 9.64. The van der Waals surface area contributed by atoms with Gasteiger partial charge in [0.2, 0.25) is 0 Å². The van der Waals surface area contributed by atoms with E-state index in [1.54, 1.807) is 58.6 Å². The van der Waals surface area contributed by atoms with Crippen molar-refractivity contribution in [3.8, 4) is 10.4 Å². The predicted molar refractivity (Wildman–Crippen MR) is 150 cm³/mol. The van der Waals surface area contributed by atoms with E-state index < -0.39 is 13.1 Å². The largest absolute Gasteiger partial charge is 0.324 e. The zero-order valence-electron chi connectivity index (χ0n) is 17.3. The van der Waals surface area contributed by atoms with Gasteiger partial charge in [-0.3, -0.25) is 18.6 Å². The Hall–Kier alpha value is -0.620. The third-order valence-electron chi connectivity index (χ3n) is 5.31. The number of nitrogens with zero attached hydrogens (tertiary/aromatic N) is 3. The van der Waals surface area contributed by atoms with Crippen LogP contribution < -0.4 is 8.85 Å². The number of likely N-dealkylation sites (tertiary alicyclic amines) is 1. The molecule has 3 rings (SSSR count). The van der Waals surface area contributed by atoms with Gasteiger partial charge in [0.1, 0.15) is 9.46 Å². The number of nitrogens with one attached hydrogen (secondary N) is 2. The van der Waals surface area contributed by atoms with Gasteiger partial charge in [-0.05, 0) is 73.1 Å². The Labute approximate surface area is 231 Å². The molecule has 2 unspecified atom stereocenters. The van der Waals surface area contributed by atoms with E-state index in [1.807, 2.05) is 19.1 Å². The van der Waals surface area contributed by atoms with Gasteiger partial charge in [0.05, 0.1) is 39.1 Å². The highest BCUT2D eigenvalue weighted by atomic mass is 127. The van der Waals surface area contributed by atoms with Crippen molar-refractivity contribution in [2.24, 2.45) is 0 Å². The number of amides is 3. The lowest BCUT2D eigenvalue weighted by Crippen LogP contribution is -2.45. The molecule has 2 N–H and O–H groups in total. The van der Waals surface area contributed by atoms with Crippen LogP contribution in [0.4, 0.5) is 14.3 Å². The van der Waals surface area contributed by atoms with Gasteiger partial charge in [-0.25, -0.2) is 14.2 Å². The maximum atomic E-state index is 15.0. The van der Waals surface area contributed by atoms with Crippen LogP contribution in [0.3, 0.4) is 0 Å². The number of allylic oxidation sites excluding steroid dienone is 1. The summed E-state index contributed by atoms with van der Waals surface area (Å²) in [4.78, 5) is 36.1. The molecule has 2 aromatic rings. The molecule has 1 aliphatic rings. The summed E-state index contributed by atoms with van der Waals surface area (Å²) >= 11 is 6.91. The van der Waals surface area contributed by atoms with E-state index in [2.05, 4.69) is 48.0 Å². The van der Waals surface area contributed by atoms with Crippen molar-refractivity contribution in [2.45, 2.75) is 39.8 Å². The number of rotatable bonds is 6. The van der Waals surface area contributed by atoms with Crippen LogP contribution in [-0.2, 0) is 8.22 Å². The lowest BCUT2D eigenvalue weighted by Gasteiger charge is -2.31. The maximum absolute atomic E-state index is 15.0. The molecule has 3 atom stereocenters. The molecule has 12 heteroatoms. The first-order chi connectivity index (χ1) is 15.0. The molecule has 32 heavy (non-hydrogen) atoms. The van der Waals surface area contributed by atoms with Crippen LogP contribution in [0.15, 0.2) is 31.0 Å². The number of halogens is 4. The minimum Gasteiger partial charge on any atom is -0.312 e. The number of hydrogen-bond donors (Lipinski definition) is 2. The molecule has 3 amide bonds. The second kappa shape index (κ2) is 10.3. The number of hydrogen-bond acceptors (Lipinski definition) is 5. The van der Waals surface area contributed by atoms with E-state index >= 15 is 4.39 Å². The number of carbonyl (C=O) groups is 2. The van der Waals surface area contributed by atoms with Crippen molar-refractivity contribution in [3.63, 3.8) is 0 Å². The Balaban J connectivity index is 1.84. The third-order valence-corrected chi connectivity index (χ3v) is 10.8. The van der Waals surface area contributed by atoms with Gasteiger partial charge in [0.25, 0.3) is 5.91 Å². The van der Waals surface area contributed by atoms with Gasteiger partial charge < -0.3 is 4.90 Å². The fourth-order valence-electron chi connectivity index (χ4n) is 3.42. The van der Waals surface area contributed by atoms with Gasteiger partial charge in [0, 0.05) is 12.7 Å². The van der Waals surface area contributed by atoms with E-state index in [0.717, 1.165) is 22.6 Å². The van der Waals surface area contributed by atoms with Crippen LogP contribution >= 0.6 is 79.4 Å². The Morgan fingerprint density at radius 2 is 2.16 bits per heavy atom. The number of alkyl halides is 3. The SMILES string of the molecule is C=CC(F)(I)C(C)(I)c1cc(-c2sc(NC(=O)N3CCC[C@H]3C(=O)NI)nc2C)ccn1. The second-order valence-corrected chi connectivity index (χ2v) is 12.7. The average molecular weight is 795 g/mol. The molecule has 3 heterocycles. The molecular weight excluding hydrogens is 774 g/mol. The smallest absolute Gasteiger partial charge is 0.312 e. The van der Waals surface area contributed by atoms with Crippen molar-refractivity contribution in [1.29, 1.82) is 0 Å². The van der Waals surface area contributed by atoms with E-state index in [1.165, 1.54) is 22.3 Å². The molecule has 2 aromatic heterocycles. The molecule has 0 aliphatic carbocycles. The fourth-order valence-corrected chi connectivity index (χ4v) is 5.52. The highest BCUT2D eigenvalue weighted by Gasteiger charge is 2.45. The highest BCUT2D eigenvalue weighted by Crippen LogP contribution is 2.49. The monoisotopic (exact) mass is 795 g/mol. The number of urea groups is 1. The number of pyridine rings is 1. The number of carbonyl (C=O) groups excluding carboxylic acids is 2. The van der Waals surface area contributed by atoms with Crippen molar-refractivity contribution in [1.82, 2.24) is 18.4 Å². The molecular formula is C20H21FI3N5O2S. The van der Waals surface area contributed by atoms with Crippen LogP contribution in [0, 0.1) is 6.92 Å². The number of anilines is 1. The normalized spacial score (nSPS) is 19.7. The summed E-state index contributed by atoms with van der Waals surface area (Å²) in [6, 6.07) is 2.86.